The van der Waals surface area contributed by atoms with E-state index >= 15 is 0 Å². The molecule has 0 aliphatic carbocycles. The standard InChI is InChI=1S/C16H22N6O/c1-17-15(23)13-6-4-12(5-7-13)10-19-16(18-2)20-11-14-8-9-21-22(14)3/h4-9H,10-11H2,1-3H3,(H,17,23)(H2,18,19,20). The number of nitrogens with one attached hydrogen (secondary N) is 3. The summed E-state index contributed by atoms with van der Waals surface area (Å²) in [5.41, 5.74) is 2.79. The van der Waals surface area contributed by atoms with E-state index in [0.717, 1.165) is 11.3 Å². The average molecular weight is 314 g/mol. The molecule has 1 aromatic heterocycles. The Kier molecular flexibility index (Phi) is 5.74. The normalized spacial score (nSPS) is 11.2. The van der Waals surface area contributed by atoms with Crippen LogP contribution in [0.5, 0.6) is 0 Å². The van der Waals surface area contributed by atoms with Crippen LogP contribution in [0.15, 0.2) is 41.5 Å². The number of benzene rings is 1. The summed E-state index contributed by atoms with van der Waals surface area (Å²) >= 11 is 0. The van der Waals surface area contributed by atoms with Crippen LogP contribution in [0.1, 0.15) is 21.6 Å². The fourth-order valence-electron chi connectivity index (χ4n) is 2.07. The number of amides is 1. The highest BCUT2D eigenvalue weighted by Crippen LogP contribution is 2.04. The van der Waals surface area contributed by atoms with E-state index in [4.69, 9.17) is 0 Å². The van der Waals surface area contributed by atoms with E-state index in [0.29, 0.717) is 24.6 Å². The second-order valence-corrected chi connectivity index (χ2v) is 5.00. The number of hydrogen-bond donors (Lipinski definition) is 3. The zero-order valence-electron chi connectivity index (χ0n) is 13.6. The Hall–Kier alpha value is -2.83. The van der Waals surface area contributed by atoms with Crippen LogP contribution in [0, 0.1) is 0 Å². The van der Waals surface area contributed by atoms with Crippen LogP contribution in [-0.2, 0) is 20.1 Å². The number of aromatic nitrogens is 2. The van der Waals surface area contributed by atoms with Crippen molar-refractivity contribution in [2.24, 2.45) is 12.0 Å². The maximum Gasteiger partial charge on any atom is 0.251 e. The van der Waals surface area contributed by atoms with Gasteiger partial charge >= 0.3 is 0 Å². The second kappa shape index (κ2) is 7.98. The summed E-state index contributed by atoms with van der Waals surface area (Å²) in [5.74, 6) is 0.625. The van der Waals surface area contributed by atoms with Crippen molar-refractivity contribution in [1.29, 1.82) is 0 Å². The maximum atomic E-state index is 11.5. The molecule has 1 aromatic carbocycles. The number of guanidine groups is 1. The summed E-state index contributed by atoms with van der Waals surface area (Å²) in [5, 5.41) is 13.2. The van der Waals surface area contributed by atoms with Crippen molar-refractivity contribution < 1.29 is 4.79 Å². The third-order valence-corrected chi connectivity index (χ3v) is 3.49. The number of nitrogens with zero attached hydrogens (tertiary/aromatic N) is 3. The van der Waals surface area contributed by atoms with Crippen LogP contribution in [0.2, 0.25) is 0 Å². The molecule has 122 valence electrons. The minimum Gasteiger partial charge on any atom is -0.355 e. The largest absolute Gasteiger partial charge is 0.355 e. The molecule has 0 atom stereocenters. The van der Waals surface area contributed by atoms with Gasteiger partial charge in [0, 0.05) is 39.4 Å². The van der Waals surface area contributed by atoms with Gasteiger partial charge in [0.25, 0.3) is 5.91 Å². The fourth-order valence-corrected chi connectivity index (χ4v) is 2.07. The van der Waals surface area contributed by atoms with Gasteiger partial charge in [0.2, 0.25) is 0 Å². The van der Waals surface area contributed by atoms with Gasteiger partial charge in [0.1, 0.15) is 0 Å². The van der Waals surface area contributed by atoms with Crippen LogP contribution < -0.4 is 16.0 Å². The van der Waals surface area contributed by atoms with Gasteiger partial charge in [-0.3, -0.25) is 14.5 Å². The zero-order chi connectivity index (χ0) is 16.7. The Bertz CT molecular complexity index is 674. The molecule has 2 aromatic rings. The van der Waals surface area contributed by atoms with Crippen LogP contribution >= 0.6 is 0 Å². The van der Waals surface area contributed by atoms with E-state index in [2.05, 4.69) is 26.0 Å². The van der Waals surface area contributed by atoms with E-state index in [1.165, 1.54) is 0 Å². The van der Waals surface area contributed by atoms with Crippen LogP contribution in [0.4, 0.5) is 0 Å². The molecule has 23 heavy (non-hydrogen) atoms. The van der Waals surface area contributed by atoms with E-state index < -0.39 is 0 Å². The Morgan fingerprint density at radius 3 is 2.43 bits per heavy atom. The lowest BCUT2D eigenvalue weighted by Gasteiger charge is -2.12. The molecule has 0 aliphatic heterocycles. The maximum absolute atomic E-state index is 11.5. The Balaban J connectivity index is 1.85. The number of aryl methyl sites for hydroxylation is 1. The first kappa shape index (κ1) is 16.5. The van der Waals surface area contributed by atoms with E-state index in [-0.39, 0.29) is 5.91 Å². The van der Waals surface area contributed by atoms with Crippen LogP contribution in [0.25, 0.3) is 0 Å². The van der Waals surface area contributed by atoms with Crippen molar-refractivity contribution in [1.82, 2.24) is 25.7 Å². The lowest BCUT2D eigenvalue weighted by molar-refractivity contribution is 0.0963. The van der Waals surface area contributed by atoms with E-state index in [9.17, 15) is 4.79 Å². The predicted octanol–water partition coefficient (Wildman–Crippen LogP) is 0.645. The highest BCUT2D eigenvalue weighted by atomic mass is 16.1. The quantitative estimate of drug-likeness (QED) is 0.559. The van der Waals surface area contributed by atoms with Crippen molar-refractivity contribution in [2.45, 2.75) is 13.1 Å². The van der Waals surface area contributed by atoms with Gasteiger partial charge in [-0.05, 0) is 23.8 Å². The van der Waals surface area contributed by atoms with Crippen molar-refractivity contribution in [2.75, 3.05) is 14.1 Å². The summed E-state index contributed by atoms with van der Waals surface area (Å²) in [4.78, 5) is 15.7. The number of carbonyl (C=O) groups is 1. The molecule has 0 bridgehead atoms. The predicted molar refractivity (Wildman–Crippen MR) is 90.1 cm³/mol. The lowest BCUT2D eigenvalue weighted by atomic mass is 10.1. The smallest absolute Gasteiger partial charge is 0.251 e. The monoisotopic (exact) mass is 314 g/mol. The summed E-state index contributed by atoms with van der Waals surface area (Å²) in [6, 6.07) is 9.42. The highest BCUT2D eigenvalue weighted by Gasteiger charge is 2.04. The average Bonchev–Trinajstić information content (AvgIpc) is 3.00. The molecule has 7 heteroatoms. The summed E-state index contributed by atoms with van der Waals surface area (Å²) in [6.07, 6.45) is 1.77. The third kappa shape index (κ3) is 4.57. The van der Waals surface area contributed by atoms with E-state index in [1.807, 2.05) is 42.1 Å². The summed E-state index contributed by atoms with van der Waals surface area (Å²) < 4.78 is 1.82. The van der Waals surface area contributed by atoms with Crippen molar-refractivity contribution >= 4 is 11.9 Å². The van der Waals surface area contributed by atoms with Gasteiger partial charge < -0.3 is 16.0 Å². The Morgan fingerprint density at radius 2 is 1.87 bits per heavy atom. The first-order chi connectivity index (χ1) is 11.1. The molecule has 0 aliphatic rings. The second-order valence-electron chi connectivity index (χ2n) is 5.00. The topological polar surface area (TPSA) is 83.3 Å². The molecule has 1 amide bonds. The Morgan fingerprint density at radius 1 is 1.17 bits per heavy atom. The van der Waals surface area contributed by atoms with Gasteiger partial charge in [-0.25, -0.2) is 0 Å². The third-order valence-electron chi connectivity index (χ3n) is 3.49. The molecule has 0 spiro atoms. The van der Waals surface area contributed by atoms with Gasteiger partial charge in [0.05, 0.1) is 12.2 Å². The first-order valence-electron chi connectivity index (χ1n) is 7.36. The van der Waals surface area contributed by atoms with Gasteiger partial charge in [-0.1, -0.05) is 12.1 Å². The first-order valence-corrected chi connectivity index (χ1v) is 7.36. The van der Waals surface area contributed by atoms with Gasteiger partial charge in [-0.2, -0.15) is 5.10 Å². The number of carbonyl (C=O) groups excluding carboxylic acids is 1. The number of hydrogen-bond acceptors (Lipinski definition) is 3. The molecule has 0 radical (unpaired) electrons. The van der Waals surface area contributed by atoms with Crippen LogP contribution in [0.3, 0.4) is 0 Å². The van der Waals surface area contributed by atoms with E-state index in [1.54, 1.807) is 20.3 Å². The summed E-state index contributed by atoms with van der Waals surface area (Å²) in [6.45, 7) is 1.27. The summed E-state index contributed by atoms with van der Waals surface area (Å²) in [7, 11) is 5.25. The molecule has 2 rings (SSSR count). The molecule has 0 unspecified atom stereocenters. The molecule has 1 heterocycles. The molecule has 3 N–H and O–H groups in total. The molecular weight excluding hydrogens is 292 g/mol. The zero-order valence-corrected chi connectivity index (χ0v) is 13.6. The number of rotatable bonds is 5. The molecule has 0 fully saturated rings. The molecular formula is C16H22N6O. The lowest BCUT2D eigenvalue weighted by Crippen LogP contribution is -2.36. The Labute approximate surface area is 135 Å². The highest BCUT2D eigenvalue weighted by molar-refractivity contribution is 5.93. The molecule has 7 nitrogen and oxygen atoms in total. The van der Waals surface area contributed by atoms with Gasteiger partial charge in [0.15, 0.2) is 5.96 Å². The van der Waals surface area contributed by atoms with Crippen molar-refractivity contribution in [3.8, 4) is 0 Å². The SMILES string of the molecule is CN=C(NCc1ccc(C(=O)NC)cc1)NCc1ccnn1C. The number of aliphatic imine (C=N–C) groups is 1. The van der Waals surface area contributed by atoms with Crippen molar-refractivity contribution in [3.05, 3.63) is 53.3 Å². The van der Waals surface area contributed by atoms with Gasteiger partial charge in [-0.15, -0.1) is 0 Å². The molecule has 0 saturated carbocycles. The van der Waals surface area contributed by atoms with Crippen LogP contribution in [-0.4, -0.2) is 35.7 Å². The minimum absolute atomic E-state index is 0.0850. The molecule has 0 saturated heterocycles. The minimum atomic E-state index is -0.0850. The van der Waals surface area contributed by atoms with Crippen molar-refractivity contribution in [3.63, 3.8) is 0 Å². The fraction of sp³-hybridized carbons (Fsp3) is 0.312.